The molecule has 1 aliphatic rings. The lowest BCUT2D eigenvalue weighted by molar-refractivity contribution is 0.140. The Hall–Kier alpha value is -0.770. The van der Waals surface area contributed by atoms with Crippen LogP contribution in [0.5, 0.6) is 5.75 Å². The van der Waals surface area contributed by atoms with Gasteiger partial charge >= 0.3 is 0 Å². The summed E-state index contributed by atoms with van der Waals surface area (Å²) in [6.07, 6.45) is -0.0452. The zero-order valence-electron chi connectivity index (χ0n) is 7.65. The average Bonchev–Trinajstić information content (AvgIpc) is 2.56. The summed E-state index contributed by atoms with van der Waals surface area (Å²) < 4.78 is 10.8. The summed E-state index contributed by atoms with van der Waals surface area (Å²) in [7, 11) is 0. The van der Waals surface area contributed by atoms with Crippen LogP contribution in [0.25, 0.3) is 0 Å². The van der Waals surface area contributed by atoms with Crippen molar-refractivity contribution < 1.29 is 9.47 Å². The second kappa shape index (κ2) is 4.17. The molecule has 1 heterocycles. The summed E-state index contributed by atoms with van der Waals surface area (Å²) >= 11 is 5.75. The molecule has 0 bridgehead atoms. The number of benzene rings is 1. The normalized spacial score (nSPS) is 26.4. The Kier molecular flexibility index (Phi) is 2.91. The van der Waals surface area contributed by atoms with Crippen molar-refractivity contribution in [3.05, 3.63) is 29.3 Å². The van der Waals surface area contributed by atoms with E-state index in [1.165, 1.54) is 0 Å². The van der Waals surface area contributed by atoms with E-state index >= 15 is 0 Å². The molecule has 3 nitrogen and oxygen atoms in total. The molecule has 2 rings (SSSR count). The molecule has 2 atom stereocenters. The summed E-state index contributed by atoms with van der Waals surface area (Å²) in [5.41, 5.74) is 5.78. The van der Waals surface area contributed by atoms with E-state index in [-0.39, 0.29) is 12.1 Å². The van der Waals surface area contributed by atoms with Gasteiger partial charge < -0.3 is 15.2 Å². The van der Waals surface area contributed by atoms with Gasteiger partial charge in [-0.05, 0) is 24.3 Å². The number of rotatable bonds is 2. The molecule has 0 amide bonds. The monoisotopic (exact) mass is 213 g/mol. The molecular weight excluding hydrogens is 202 g/mol. The number of ether oxygens (including phenoxy) is 2. The first kappa shape index (κ1) is 9.77. The second-order valence-corrected chi connectivity index (χ2v) is 3.75. The van der Waals surface area contributed by atoms with Crippen molar-refractivity contribution in [2.45, 2.75) is 12.1 Å². The van der Waals surface area contributed by atoms with Gasteiger partial charge in [0.1, 0.15) is 11.9 Å². The van der Waals surface area contributed by atoms with Crippen molar-refractivity contribution in [2.24, 2.45) is 5.73 Å². The van der Waals surface area contributed by atoms with E-state index in [0.717, 1.165) is 5.75 Å². The SMILES string of the molecule is N[C@H]1COC[C@H]1Oc1ccc(Cl)cc1. The van der Waals surface area contributed by atoms with E-state index < -0.39 is 0 Å². The van der Waals surface area contributed by atoms with Gasteiger partial charge in [0.05, 0.1) is 19.3 Å². The highest BCUT2D eigenvalue weighted by molar-refractivity contribution is 6.30. The molecule has 0 radical (unpaired) electrons. The number of halogens is 1. The zero-order valence-corrected chi connectivity index (χ0v) is 8.41. The van der Waals surface area contributed by atoms with Crippen LogP contribution in [0.4, 0.5) is 0 Å². The van der Waals surface area contributed by atoms with Crippen LogP contribution >= 0.6 is 11.6 Å². The third kappa shape index (κ3) is 2.18. The van der Waals surface area contributed by atoms with Gasteiger partial charge in [-0.2, -0.15) is 0 Å². The van der Waals surface area contributed by atoms with E-state index in [1.54, 1.807) is 12.1 Å². The predicted molar refractivity (Wildman–Crippen MR) is 54.7 cm³/mol. The predicted octanol–water partition coefficient (Wildman–Crippen LogP) is 1.44. The molecule has 1 aromatic rings. The minimum Gasteiger partial charge on any atom is -0.486 e. The molecule has 0 saturated carbocycles. The van der Waals surface area contributed by atoms with Crippen LogP contribution in [0.15, 0.2) is 24.3 Å². The van der Waals surface area contributed by atoms with Crippen LogP contribution in [0.1, 0.15) is 0 Å². The Balaban J connectivity index is 2.00. The quantitative estimate of drug-likeness (QED) is 0.809. The second-order valence-electron chi connectivity index (χ2n) is 3.31. The average molecular weight is 214 g/mol. The van der Waals surface area contributed by atoms with Gasteiger partial charge in [0, 0.05) is 5.02 Å². The molecule has 0 aromatic heterocycles. The van der Waals surface area contributed by atoms with Crippen LogP contribution < -0.4 is 10.5 Å². The maximum absolute atomic E-state index is 5.78. The summed E-state index contributed by atoms with van der Waals surface area (Å²) in [6, 6.07) is 7.20. The molecule has 1 fully saturated rings. The molecule has 2 N–H and O–H groups in total. The summed E-state index contributed by atoms with van der Waals surface area (Å²) in [5, 5.41) is 0.698. The van der Waals surface area contributed by atoms with Crippen LogP contribution in [0.3, 0.4) is 0 Å². The first-order valence-electron chi connectivity index (χ1n) is 4.51. The molecular formula is C10H12ClNO2. The van der Waals surface area contributed by atoms with E-state index in [9.17, 15) is 0 Å². The highest BCUT2D eigenvalue weighted by Crippen LogP contribution is 2.19. The van der Waals surface area contributed by atoms with Crippen molar-refractivity contribution >= 4 is 11.6 Å². The fourth-order valence-electron chi connectivity index (χ4n) is 1.36. The standard InChI is InChI=1S/C10H12ClNO2/c11-7-1-3-8(4-2-7)14-10-6-13-5-9(10)12/h1-4,9-10H,5-6,12H2/t9-,10+/m0/s1. The summed E-state index contributed by atoms with van der Waals surface area (Å²) in [4.78, 5) is 0. The van der Waals surface area contributed by atoms with E-state index in [4.69, 9.17) is 26.8 Å². The third-order valence-corrected chi connectivity index (χ3v) is 2.42. The van der Waals surface area contributed by atoms with Gasteiger partial charge in [0.25, 0.3) is 0 Å². The Morgan fingerprint density at radius 3 is 2.57 bits per heavy atom. The summed E-state index contributed by atoms with van der Waals surface area (Å²) in [6.45, 7) is 1.13. The molecule has 1 aliphatic heterocycles. The minimum absolute atomic E-state index is 0.0364. The van der Waals surface area contributed by atoms with E-state index in [0.29, 0.717) is 18.2 Å². The van der Waals surface area contributed by atoms with Gasteiger partial charge in [-0.3, -0.25) is 0 Å². The summed E-state index contributed by atoms with van der Waals surface area (Å²) in [5.74, 6) is 0.778. The van der Waals surface area contributed by atoms with Gasteiger partial charge in [0.15, 0.2) is 0 Å². The first-order valence-corrected chi connectivity index (χ1v) is 4.89. The smallest absolute Gasteiger partial charge is 0.139 e. The van der Waals surface area contributed by atoms with Crippen molar-refractivity contribution in [3.8, 4) is 5.75 Å². The van der Waals surface area contributed by atoms with Crippen molar-refractivity contribution in [1.82, 2.24) is 0 Å². The fourth-order valence-corrected chi connectivity index (χ4v) is 1.49. The van der Waals surface area contributed by atoms with Crippen LogP contribution in [0, 0.1) is 0 Å². The van der Waals surface area contributed by atoms with Crippen molar-refractivity contribution in [1.29, 1.82) is 0 Å². The van der Waals surface area contributed by atoms with E-state index in [1.807, 2.05) is 12.1 Å². The molecule has 4 heteroatoms. The Labute approximate surface area is 87.8 Å². The van der Waals surface area contributed by atoms with Crippen molar-refractivity contribution in [2.75, 3.05) is 13.2 Å². The topological polar surface area (TPSA) is 44.5 Å². The fraction of sp³-hybridized carbons (Fsp3) is 0.400. The molecule has 0 spiro atoms. The minimum atomic E-state index is -0.0452. The molecule has 1 aromatic carbocycles. The maximum Gasteiger partial charge on any atom is 0.139 e. The Morgan fingerprint density at radius 2 is 2.00 bits per heavy atom. The number of hydrogen-bond donors (Lipinski definition) is 1. The molecule has 0 unspecified atom stereocenters. The van der Waals surface area contributed by atoms with Crippen molar-refractivity contribution in [3.63, 3.8) is 0 Å². The lowest BCUT2D eigenvalue weighted by atomic mass is 10.2. The Bertz CT molecular complexity index is 301. The highest BCUT2D eigenvalue weighted by atomic mass is 35.5. The van der Waals surface area contributed by atoms with Gasteiger partial charge in [-0.1, -0.05) is 11.6 Å². The van der Waals surface area contributed by atoms with Gasteiger partial charge in [-0.15, -0.1) is 0 Å². The number of nitrogens with two attached hydrogens (primary N) is 1. The van der Waals surface area contributed by atoms with Gasteiger partial charge in [-0.25, -0.2) is 0 Å². The molecule has 0 aliphatic carbocycles. The highest BCUT2D eigenvalue weighted by Gasteiger charge is 2.26. The maximum atomic E-state index is 5.78. The first-order chi connectivity index (χ1) is 6.75. The Morgan fingerprint density at radius 1 is 1.29 bits per heavy atom. The lowest BCUT2D eigenvalue weighted by Gasteiger charge is -2.15. The lowest BCUT2D eigenvalue weighted by Crippen LogP contribution is -2.37. The van der Waals surface area contributed by atoms with Crippen LogP contribution in [-0.2, 0) is 4.74 Å². The molecule has 76 valence electrons. The molecule has 14 heavy (non-hydrogen) atoms. The van der Waals surface area contributed by atoms with E-state index in [2.05, 4.69) is 0 Å². The van der Waals surface area contributed by atoms with Crippen LogP contribution in [-0.4, -0.2) is 25.4 Å². The third-order valence-electron chi connectivity index (χ3n) is 2.17. The largest absolute Gasteiger partial charge is 0.486 e. The molecule has 1 saturated heterocycles. The zero-order chi connectivity index (χ0) is 9.97. The number of hydrogen-bond acceptors (Lipinski definition) is 3. The van der Waals surface area contributed by atoms with Gasteiger partial charge in [0.2, 0.25) is 0 Å². The van der Waals surface area contributed by atoms with Crippen LogP contribution in [0.2, 0.25) is 5.02 Å².